The first kappa shape index (κ1) is 10.9. The number of alkyl halides is 3. The van der Waals surface area contributed by atoms with Gasteiger partial charge >= 0.3 is 6.18 Å². The summed E-state index contributed by atoms with van der Waals surface area (Å²) in [5.74, 6) is -0.183. The monoisotopic (exact) mass is 248 g/mol. The minimum Gasteiger partial charge on any atom is -0.508 e. The first-order valence-electron chi connectivity index (χ1n) is 4.11. The van der Waals surface area contributed by atoms with Crippen molar-refractivity contribution < 1.29 is 18.3 Å². The average Bonchev–Trinajstić information content (AvgIpc) is 2.16. The van der Waals surface area contributed by atoms with Crippen molar-refractivity contribution >= 4 is 22.6 Å². The number of phenols is 1. The predicted molar refractivity (Wildman–Crippen MR) is 51.2 cm³/mol. The van der Waals surface area contributed by atoms with Gasteiger partial charge in [0.1, 0.15) is 5.75 Å². The van der Waals surface area contributed by atoms with E-state index in [1.807, 2.05) is 0 Å². The Hall–Kier alpha value is -1.56. The Labute approximate surface area is 92.5 Å². The van der Waals surface area contributed by atoms with Crippen LogP contribution in [0.1, 0.15) is 5.69 Å². The molecule has 0 saturated carbocycles. The van der Waals surface area contributed by atoms with Crippen LogP contribution in [0.25, 0.3) is 11.0 Å². The van der Waals surface area contributed by atoms with Gasteiger partial charge in [0.05, 0.1) is 11.0 Å². The van der Waals surface area contributed by atoms with Crippen LogP contribution in [0.2, 0.25) is 5.15 Å². The first-order valence-corrected chi connectivity index (χ1v) is 4.49. The van der Waals surface area contributed by atoms with Gasteiger partial charge in [0.2, 0.25) is 0 Å². The summed E-state index contributed by atoms with van der Waals surface area (Å²) in [5.41, 5.74) is -1.13. The largest absolute Gasteiger partial charge is 0.508 e. The van der Waals surface area contributed by atoms with E-state index in [9.17, 15) is 13.2 Å². The molecule has 1 aromatic heterocycles. The highest BCUT2D eigenvalue weighted by atomic mass is 35.5. The summed E-state index contributed by atoms with van der Waals surface area (Å²) in [6.07, 6.45) is -4.66. The van der Waals surface area contributed by atoms with Gasteiger partial charge in [0, 0.05) is 6.07 Å². The molecule has 84 valence electrons. The van der Waals surface area contributed by atoms with Crippen molar-refractivity contribution in [1.82, 2.24) is 9.97 Å². The highest BCUT2D eigenvalue weighted by Gasteiger charge is 2.36. The van der Waals surface area contributed by atoms with Gasteiger partial charge in [-0.2, -0.15) is 13.2 Å². The third-order valence-corrected chi connectivity index (χ3v) is 2.14. The Balaban J connectivity index is 2.74. The number of benzene rings is 1. The van der Waals surface area contributed by atoms with E-state index in [-0.39, 0.29) is 16.8 Å². The molecule has 0 spiro atoms. The van der Waals surface area contributed by atoms with Gasteiger partial charge in [0.25, 0.3) is 0 Å². The second kappa shape index (κ2) is 3.48. The van der Waals surface area contributed by atoms with E-state index >= 15 is 0 Å². The van der Waals surface area contributed by atoms with E-state index in [0.29, 0.717) is 0 Å². The number of hydrogen-bond donors (Lipinski definition) is 1. The molecule has 1 aromatic carbocycles. The van der Waals surface area contributed by atoms with Crippen LogP contribution < -0.4 is 0 Å². The summed E-state index contributed by atoms with van der Waals surface area (Å²) in [6, 6.07) is 3.72. The minimum atomic E-state index is -4.66. The number of aromatic nitrogens is 2. The maximum absolute atomic E-state index is 12.4. The number of hydrogen-bond acceptors (Lipinski definition) is 3. The third-order valence-electron chi connectivity index (χ3n) is 1.87. The number of aromatic hydroxyl groups is 1. The zero-order valence-corrected chi connectivity index (χ0v) is 8.34. The quantitative estimate of drug-likeness (QED) is 0.779. The molecule has 16 heavy (non-hydrogen) atoms. The van der Waals surface area contributed by atoms with E-state index in [2.05, 4.69) is 9.97 Å². The number of nitrogens with zero attached hydrogens (tertiary/aromatic N) is 2. The molecule has 0 aliphatic carbocycles. The molecule has 1 heterocycles. The first-order chi connectivity index (χ1) is 7.38. The molecule has 0 bridgehead atoms. The summed E-state index contributed by atoms with van der Waals surface area (Å²) in [4.78, 5) is 6.88. The van der Waals surface area contributed by atoms with Crippen molar-refractivity contribution in [3.63, 3.8) is 0 Å². The van der Waals surface area contributed by atoms with Crippen molar-refractivity contribution in [2.24, 2.45) is 0 Å². The number of phenolic OH excluding ortho intramolecular Hbond substituents is 1. The minimum absolute atomic E-state index is 0.0586. The van der Waals surface area contributed by atoms with Gasteiger partial charge in [-0.25, -0.2) is 9.97 Å². The maximum Gasteiger partial charge on any atom is 0.436 e. The van der Waals surface area contributed by atoms with E-state index < -0.39 is 17.0 Å². The highest BCUT2D eigenvalue weighted by molar-refractivity contribution is 6.30. The topological polar surface area (TPSA) is 46.0 Å². The van der Waals surface area contributed by atoms with E-state index in [4.69, 9.17) is 16.7 Å². The molecular weight excluding hydrogens is 245 g/mol. The molecule has 3 nitrogen and oxygen atoms in total. The second-order valence-electron chi connectivity index (χ2n) is 3.03. The van der Waals surface area contributed by atoms with Crippen LogP contribution >= 0.6 is 11.6 Å². The van der Waals surface area contributed by atoms with Crippen molar-refractivity contribution in [1.29, 1.82) is 0 Å². The van der Waals surface area contributed by atoms with Crippen LogP contribution in [0.3, 0.4) is 0 Å². The van der Waals surface area contributed by atoms with Crippen LogP contribution in [0.5, 0.6) is 5.75 Å². The van der Waals surface area contributed by atoms with Crippen molar-refractivity contribution in [2.45, 2.75) is 6.18 Å². The van der Waals surface area contributed by atoms with Gasteiger partial charge in [0.15, 0.2) is 10.8 Å². The van der Waals surface area contributed by atoms with Crippen molar-refractivity contribution in [3.8, 4) is 5.75 Å². The van der Waals surface area contributed by atoms with Crippen LogP contribution in [-0.4, -0.2) is 15.1 Å². The molecule has 0 amide bonds. The molecular formula is C9H4ClF3N2O. The Kier molecular flexibility index (Phi) is 2.38. The van der Waals surface area contributed by atoms with Gasteiger partial charge in [-0.15, -0.1) is 0 Å². The van der Waals surface area contributed by atoms with Gasteiger partial charge in [-0.1, -0.05) is 11.6 Å². The standard InChI is InChI=1S/C9H4ClF3N2O/c10-8-7(9(11,12)13)14-6-3-4(16)1-2-5(6)15-8/h1-3,16H. The molecule has 0 saturated heterocycles. The fourth-order valence-electron chi connectivity index (χ4n) is 1.20. The lowest BCUT2D eigenvalue weighted by Gasteiger charge is -2.08. The molecule has 2 rings (SSSR count). The molecule has 0 fully saturated rings. The van der Waals surface area contributed by atoms with Gasteiger partial charge < -0.3 is 5.11 Å². The van der Waals surface area contributed by atoms with E-state index in [1.165, 1.54) is 12.1 Å². The normalized spacial score (nSPS) is 12.0. The molecule has 2 aromatic rings. The second-order valence-corrected chi connectivity index (χ2v) is 3.39. The van der Waals surface area contributed by atoms with Crippen LogP contribution in [0, 0.1) is 0 Å². The molecule has 1 N–H and O–H groups in total. The summed E-state index contributed by atoms with van der Waals surface area (Å²) < 4.78 is 37.3. The fraction of sp³-hybridized carbons (Fsp3) is 0.111. The molecule has 0 radical (unpaired) electrons. The average molecular weight is 249 g/mol. The van der Waals surface area contributed by atoms with Crippen LogP contribution in [0.4, 0.5) is 13.2 Å². The molecule has 0 unspecified atom stereocenters. The lowest BCUT2D eigenvalue weighted by Crippen LogP contribution is -2.10. The third kappa shape index (κ3) is 1.88. The fourth-order valence-corrected chi connectivity index (χ4v) is 1.44. The van der Waals surface area contributed by atoms with E-state index in [0.717, 1.165) is 6.07 Å². The summed E-state index contributed by atoms with van der Waals surface area (Å²) in [5, 5.41) is 8.41. The van der Waals surface area contributed by atoms with Crippen LogP contribution in [-0.2, 0) is 6.18 Å². The number of rotatable bonds is 0. The summed E-state index contributed by atoms with van der Waals surface area (Å²) in [7, 11) is 0. The van der Waals surface area contributed by atoms with Crippen molar-refractivity contribution in [2.75, 3.05) is 0 Å². The zero-order valence-electron chi connectivity index (χ0n) is 7.59. The predicted octanol–water partition coefficient (Wildman–Crippen LogP) is 3.01. The molecule has 7 heteroatoms. The van der Waals surface area contributed by atoms with Gasteiger partial charge in [-0.3, -0.25) is 0 Å². The molecule has 0 aliphatic rings. The lowest BCUT2D eigenvalue weighted by molar-refractivity contribution is -0.141. The summed E-state index contributed by atoms with van der Waals surface area (Å²) in [6.45, 7) is 0. The zero-order chi connectivity index (χ0) is 11.9. The number of fused-ring (bicyclic) bond motifs is 1. The Bertz CT molecular complexity index is 556. The Morgan fingerprint density at radius 2 is 1.81 bits per heavy atom. The lowest BCUT2D eigenvalue weighted by atomic mass is 10.2. The molecule has 0 atom stereocenters. The van der Waals surface area contributed by atoms with Gasteiger partial charge in [-0.05, 0) is 12.1 Å². The van der Waals surface area contributed by atoms with Crippen LogP contribution in [0.15, 0.2) is 18.2 Å². The molecule has 0 aliphatic heterocycles. The highest BCUT2D eigenvalue weighted by Crippen LogP contribution is 2.33. The smallest absolute Gasteiger partial charge is 0.436 e. The van der Waals surface area contributed by atoms with Crippen molar-refractivity contribution in [3.05, 3.63) is 29.0 Å². The van der Waals surface area contributed by atoms with E-state index in [1.54, 1.807) is 0 Å². The SMILES string of the molecule is Oc1ccc2nc(Cl)c(C(F)(F)F)nc2c1. The number of halogens is 4. The Morgan fingerprint density at radius 3 is 2.44 bits per heavy atom. The Morgan fingerprint density at radius 1 is 1.12 bits per heavy atom. The summed E-state index contributed by atoms with van der Waals surface area (Å²) >= 11 is 5.37. The maximum atomic E-state index is 12.4.